The first-order chi connectivity index (χ1) is 9.29. The van der Waals surface area contributed by atoms with Gasteiger partial charge in [0, 0.05) is 0 Å². The van der Waals surface area contributed by atoms with Gasteiger partial charge in [0.15, 0.2) is 0 Å². The zero-order valence-electron chi connectivity index (χ0n) is 12.3. The highest BCUT2D eigenvalue weighted by molar-refractivity contribution is 5.23. The molecule has 0 amide bonds. The standard InChI is InChI=1S/C18H28O/c1-2-3-7-15-8-6-9-16(14-15)12-13-17-10-4-5-11-18(17)19/h6,8-9,14,17-19H,2-5,7,10-13H2,1H3. The van der Waals surface area contributed by atoms with Crippen LogP contribution in [0.3, 0.4) is 0 Å². The average Bonchev–Trinajstić information content (AvgIpc) is 2.45. The van der Waals surface area contributed by atoms with Crippen molar-refractivity contribution in [2.45, 2.75) is 70.8 Å². The second kappa shape index (κ2) is 7.69. The van der Waals surface area contributed by atoms with Crippen LogP contribution in [0.2, 0.25) is 0 Å². The minimum absolute atomic E-state index is 0.0444. The molecule has 2 unspecified atom stereocenters. The Kier molecular flexibility index (Phi) is 5.91. The normalized spacial score (nSPS) is 23.5. The Labute approximate surface area is 118 Å². The van der Waals surface area contributed by atoms with Crippen molar-refractivity contribution in [2.75, 3.05) is 0 Å². The SMILES string of the molecule is CCCCc1cccc(CCC2CCCCC2O)c1. The lowest BCUT2D eigenvalue weighted by atomic mass is 9.83. The molecule has 1 heteroatoms. The fourth-order valence-corrected chi connectivity index (χ4v) is 3.20. The summed E-state index contributed by atoms with van der Waals surface area (Å²) in [6, 6.07) is 9.04. The molecule has 1 fully saturated rings. The summed E-state index contributed by atoms with van der Waals surface area (Å²) in [4.78, 5) is 0. The van der Waals surface area contributed by atoms with Crippen LogP contribution in [0.15, 0.2) is 24.3 Å². The van der Waals surface area contributed by atoms with Crippen LogP contribution in [0.1, 0.15) is 63.0 Å². The van der Waals surface area contributed by atoms with Crippen molar-refractivity contribution in [3.8, 4) is 0 Å². The van der Waals surface area contributed by atoms with Crippen molar-refractivity contribution in [2.24, 2.45) is 5.92 Å². The average molecular weight is 260 g/mol. The molecule has 1 N–H and O–H groups in total. The fraction of sp³-hybridized carbons (Fsp3) is 0.667. The molecule has 19 heavy (non-hydrogen) atoms. The zero-order chi connectivity index (χ0) is 13.5. The molecule has 1 aromatic carbocycles. The number of aliphatic hydroxyl groups excluding tert-OH is 1. The van der Waals surface area contributed by atoms with Crippen LogP contribution >= 0.6 is 0 Å². The van der Waals surface area contributed by atoms with Gasteiger partial charge in [-0.3, -0.25) is 0 Å². The highest BCUT2D eigenvalue weighted by Gasteiger charge is 2.22. The summed E-state index contributed by atoms with van der Waals surface area (Å²) >= 11 is 0. The monoisotopic (exact) mass is 260 g/mol. The van der Waals surface area contributed by atoms with Gasteiger partial charge in [0.25, 0.3) is 0 Å². The number of benzene rings is 1. The highest BCUT2D eigenvalue weighted by atomic mass is 16.3. The van der Waals surface area contributed by atoms with Gasteiger partial charge in [-0.05, 0) is 55.6 Å². The molecule has 1 aromatic rings. The van der Waals surface area contributed by atoms with Crippen LogP contribution < -0.4 is 0 Å². The molecule has 1 nitrogen and oxygen atoms in total. The molecule has 0 heterocycles. The summed E-state index contributed by atoms with van der Waals surface area (Å²) in [6.07, 6.45) is 10.7. The van der Waals surface area contributed by atoms with Gasteiger partial charge in [-0.15, -0.1) is 0 Å². The van der Waals surface area contributed by atoms with Gasteiger partial charge in [0.2, 0.25) is 0 Å². The smallest absolute Gasteiger partial charge is 0.0568 e. The number of aryl methyl sites for hydroxylation is 2. The molecule has 1 aliphatic carbocycles. The third-order valence-electron chi connectivity index (χ3n) is 4.48. The molecular formula is C18H28O. The molecular weight excluding hydrogens is 232 g/mol. The van der Waals surface area contributed by atoms with Crippen LogP contribution in [-0.4, -0.2) is 11.2 Å². The van der Waals surface area contributed by atoms with Crippen LogP contribution in [0.4, 0.5) is 0 Å². The lowest BCUT2D eigenvalue weighted by Crippen LogP contribution is -2.24. The van der Waals surface area contributed by atoms with Crippen molar-refractivity contribution >= 4 is 0 Å². The predicted molar refractivity (Wildman–Crippen MR) is 81.3 cm³/mol. The third kappa shape index (κ3) is 4.65. The van der Waals surface area contributed by atoms with Crippen LogP contribution in [-0.2, 0) is 12.8 Å². The van der Waals surface area contributed by atoms with E-state index in [1.165, 1.54) is 49.7 Å². The molecule has 0 saturated heterocycles. The van der Waals surface area contributed by atoms with E-state index in [4.69, 9.17) is 0 Å². The first kappa shape index (κ1) is 14.6. The first-order valence-corrected chi connectivity index (χ1v) is 8.05. The second-order valence-electron chi connectivity index (χ2n) is 6.07. The van der Waals surface area contributed by atoms with E-state index in [1.54, 1.807) is 0 Å². The van der Waals surface area contributed by atoms with Gasteiger partial charge < -0.3 is 5.11 Å². The number of rotatable bonds is 6. The summed E-state index contributed by atoms with van der Waals surface area (Å²) in [7, 11) is 0. The van der Waals surface area contributed by atoms with E-state index >= 15 is 0 Å². The molecule has 2 rings (SSSR count). The van der Waals surface area contributed by atoms with Gasteiger partial charge in [0.05, 0.1) is 6.10 Å². The van der Waals surface area contributed by atoms with E-state index in [1.807, 2.05) is 0 Å². The van der Waals surface area contributed by atoms with Crippen molar-refractivity contribution in [1.29, 1.82) is 0 Å². The lowest BCUT2D eigenvalue weighted by Gasteiger charge is -2.27. The largest absolute Gasteiger partial charge is 0.393 e. The van der Waals surface area contributed by atoms with Crippen molar-refractivity contribution < 1.29 is 5.11 Å². The summed E-state index contributed by atoms with van der Waals surface area (Å²) in [5, 5.41) is 10.0. The van der Waals surface area contributed by atoms with Gasteiger partial charge in [-0.1, -0.05) is 50.5 Å². The van der Waals surface area contributed by atoms with E-state index in [0.717, 1.165) is 19.3 Å². The summed E-state index contributed by atoms with van der Waals surface area (Å²) < 4.78 is 0. The van der Waals surface area contributed by atoms with Gasteiger partial charge >= 0.3 is 0 Å². The van der Waals surface area contributed by atoms with Crippen molar-refractivity contribution in [3.05, 3.63) is 35.4 Å². The van der Waals surface area contributed by atoms with Crippen LogP contribution in [0, 0.1) is 5.92 Å². The number of aliphatic hydroxyl groups is 1. The quantitative estimate of drug-likeness (QED) is 0.797. The lowest BCUT2D eigenvalue weighted by molar-refractivity contribution is 0.0655. The number of hydrogen-bond acceptors (Lipinski definition) is 1. The first-order valence-electron chi connectivity index (χ1n) is 8.05. The summed E-state index contributed by atoms with van der Waals surface area (Å²) in [5.74, 6) is 0.535. The predicted octanol–water partition coefficient (Wildman–Crippen LogP) is 4.51. The van der Waals surface area contributed by atoms with Gasteiger partial charge in [0.1, 0.15) is 0 Å². The van der Waals surface area contributed by atoms with Gasteiger partial charge in [-0.2, -0.15) is 0 Å². The fourth-order valence-electron chi connectivity index (χ4n) is 3.20. The summed E-state index contributed by atoms with van der Waals surface area (Å²) in [5.41, 5.74) is 2.93. The maximum atomic E-state index is 10.0. The minimum Gasteiger partial charge on any atom is -0.393 e. The Balaban J connectivity index is 1.84. The molecule has 0 bridgehead atoms. The van der Waals surface area contributed by atoms with Crippen LogP contribution in [0.25, 0.3) is 0 Å². The minimum atomic E-state index is -0.0444. The summed E-state index contributed by atoms with van der Waals surface area (Å²) in [6.45, 7) is 2.24. The van der Waals surface area contributed by atoms with E-state index < -0.39 is 0 Å². The molecule has 0 radical (unpaired) electrons. The molecule has 0 aliphatic heterocycles. The number of hydrogen-bond donors (Lipinski definition) is 1. The Morgan fingerprint density at radius 2 is 1.84 bits per heavy atom. The van der Waals surface area contributed by atoms with Gasteiger partial charge in [-0.25, -0.2) is 0 Å². The molecule has 106 valence electrons. The highest BCUT2D eigenvalue weighted by Crippen LogP contribution is 2.28. The Morgan fingerprint density at radius 3 is 2.58 bits per heavy atom. The van der Waals surface area contributed by atoms with Crippen LogP contribution in [0.5, 0.6) is 0 Å². The maximum absolute atomic E-state index is 10.0. The van der Waals surface area contributed by atoms with Crippen molar-refractivity contribution in [1.82, 2.24) is 0 Å². The third-order valence-corrected chi connectivity index (χ3v) is 4.48. The Hall–Kier alpha value is -0.820. The maximum Gasteiger partial charge on any atom is 0.0568 e. The molecule has 1 aliphatic rings. The topological polar surface area (TPSA) is 20.2 Å². The van der Waals surface area contributed by atoms with E-state index in [0.29, 0.717) is 5.92 Å². The second-order valence-corrected chi connectivity index (χ2v) is 6.07. The molecule has 0 spiro atoms. The Morgan fingerprint density at radius 1 is 1.11 bits per heavy atom. The van der Waals surface area contributed by atoms with E-state index in [2.05, 4.69) is 31.2 Å². The molecule has 1 saturated carbocycles. The zero-order valence-corrected chi connectivity index (χ0v) is 12.3. The Bertz CT molecular complexity index is 372. The van der Waals surface area contributed by atoms with E-state index in [9.17, 15) is 5.11 Å². The molecule has 2 atom stereocenters. The number of unbranched alkanes of at least 4 members (excludes halogenated alkanes) is 1. The van der Waals surface area contributed by atoms with E-state index in [-0.39, 0.29) is 6.10 Å². The molecule has 0 aromatic heterocycles. The van der Waals surface area contributed by atoms with Crippen molar-refractivity contribution in [3.63, 3.8) is 0 Å².